The Morgan fingerprint density at radius 3 is 2.23 bits per heavy atom. The summed E-state index contributed by atoms with van der Waals surface area (Å²) in [5.41, 5.74) is 0.403. The van der Waals surface area contributed by atoms with Crippen LogP contribution in [0.25, 0.3) is 0 Å². The fourth-order valence-corrected chi connectivity index (χ4v) is 4.37. The highest BCUT2D eigenvalue weighted by molar-refractivity contribution is 7.89. The van der Waals surface area contributed by atoms with Crippen LogP contribution in [-0.4, -0.2) is 45.3 Å². The Morgan fingerprint density at radius 2 is 1.62 bits per heavy atom. The van der Waals surface area contributed by atoms with E-state index in [1.165, 1.54) is 35.7 Å². The van der Waals surface area contributed by atoms with Gasteiger partial charge in [0.1, 0.15) is 0 Å². The number of ether oxygens (including phenoxy) is 2. The smallest absolute Gasteiger partial charge is 0.243 e. The number of benzene rings is 2. The Bertz CT molecular complexity index is 871. The summed E-state index contributed by atoms with van der Waals surface area (Å²) >= 11 is 0. The number of carbonyl (C=O) groups is 1. The van der Waals surface area contributed by atoms with Crippen molar-refractivity contribution >= 4 is 15.8 Å². The third kappa shape index (κ3) is 3.89. The Hall–Kier alpha value is -2.38. The average Bonchev–Trinajstić information content (AvgIpc) is 3.22. The number of ketones is 1. The quantitative estimate of drug-likeness (QED) is 0.696. The Balaban J connectivity index is 1.67. The van der Waals surface area contributed by atoms with Crippen LogP contribution >= 0.6 is 0 Å². The number of nitrogens with zero attached hydrogens (tertiary/aromatic N) is 1. The van der Waals surface area contributed by atoms with Crippen LogP contribution in [-0.2, 0) is 10.0 Å². The van der Waals surface area contributed by atoms with Crippen LogP contribution in [0.5, 0.6) is 11.5 Å². The summed E-state index contributed by atoms with van der Waals surface area (Å²) < 4.78 is 37.2. The summed E-state index contributed by atoms with van der Waals surface area (Å²) in [7, 11) is -1.94. The molecule has 7 heteroatoms. The lowest BCUT2D eigenvalue weighted by Crippen LogP contribution is -2.27. The van der Waals surface area contributed by atoms with Gasteiger partial charge in [0.2, 0.25) is 10.0 Å². The van der Waals surface area contributed by atoms with Crippen LogP contribution in [0.4, 0.5) is 0 Å². The molecule has 26 heavy (non-hydrogen) atoms. The minimum atomic E-state index is -3.47. The molecule has 6 nitrogen and oxygen atoms in total. The number of Topliss-reactive ketones (excluding diaryl/α,β-unsaturated/α-hetero) is 1. The molecule has 1 heterocycles. The fraction of sp³-hybridized carbons (Fsp3) is 0.316. The van der Waals surface area contributed by atoms with Gasteiger partial charge in [-0.2, -0.15) is 4.31 Å². The molecular formula is C19H21NO5S. The normalized spacial score (nSPS) is 15.0. The first kappa shape index (κ1) is 18.4. The zero-order valence-corrected chi connectivity index (χ0v) is 15.4. The van der Waals surface area contributed by atoms with Crippen molar-refractivity contribution < 1.29 is 22.7 Å². The van der Waals surface area contributed by atoms with Crippen molar-refractivity contribution in [1.29, 1.82) is 0 Å². The number of para-hydroxylation sites is 2. The molecule has 0 spiro atoms. The van der Waals surface area contributed by atoms with E-state index in [1.807, 2.05) is 6.07 Å². The maximum absolute atomic E-state index is 12.5. The van der Waals surface area contributed by atoms with E-state index in [0.717, 1.165) is 12.8 Å². The van der Waals surface area contributed by atoms with E-state index >= 15 is 0 Å². The van der Waals surface area contributed by atoms with Gasteiger partial charge in [0, 0.05) is 18.7 Å². The molecule has 0 aromatic heterocycles. The number of methoxy groups -OCH3 is 1. The second kappa shape index (κ2) is 7.88. The van der Waals surface area contributed by atoms with Gasteiger partial charge in [-0.05, 0) is 49.2 Å². The highest BCUT2D eigenvalue weighted by Crippen LogP contribution is 2.26. The van der Waals surface area contributed by atoms with E-state index in [2.05, 4.69) is 0 Å². The maximum Gasteiger partial charge on any atom is 0.243 e. The SMILES string of the molecule is COc1ccccc1OCC(=O)c1ccc(S(=O)(=O)N2CCCC2)cc1. The van der Waals surface area contributed by atoms with Gasteiger partial charge in [0.05, 0.1) is 12.0 Å². The molecule has 0 N–H and O–H groups in total. The van der Waals surface area contributed by atoms with E-state index in [9.17, 15) is 13.2 Å². The molecule has 0 saturated carbocycles. The first-order valence-electron chi connectivity index (χ1n) is 8.41. The topological polar surface area (TPSA) is 72.9 Å². The van der Waals surface area contributed by atoms with Gasteiger partial charge in [-0.25, -0.2) is 8.42 Å². The van der Waals surface area contributed by atoms with Crippen molar-refractivity contribution in [3.05, 3.63) is 54.1 Å². The lowest BCUT2D eigenvalue weighted by atomic mass is 10.1. The van der Waals surface area contributed by atoms with E-state index in [1.54, 1.807) is 18.2 Å². The van der Waals surface area contributed by atoms with Crippen LogP contribution < -0.4 is 9.47 Å². The monoisotopic (exact) mass is 375 g/mol. The summed E-state index contributed by atoms with van der Waals surface area (Å²) in [6, 6.07) is 13.1. The van der Waals surface area contributed by atoms with Gasteiger partial charge in [0.15, 0.2) is 23.9 Å². The molecule has 1 aliphatic heterocycles. The predicted molar refractivity (Wildman–Crippen MR) is 97.3 cm³/mol. The van der Waals surface area contributed by atoms with Gasteiger partial charge in [-0.1, -0.05) is 12.1 Å². The Labute approximate surface area is 153 Å². The molecule has 1 fully saturated rings. The van der Waals surface area contributed by atoms with Crippen molar-refractivity contribution in [1.82, 2.24) is 4.31 Å². The summed E-state index contributed by atoms with van der Waals surface area (Å²) in [6.07, 6.45) is 1.77. The maximum atomic E-state index is 12.5. The van der Waals surface area contributed by atoms with Crippen LogP contribution in [0.15, 0.2) is 53.4 Å². The molecule has 138 valence electrons. The van der Waals surface area contributed by atoms with Crippen LogP contribution in [0.3, 0.4) is 0 Å². The van der Waals surface area contributed by atoms with Gasteiger partial charge >= 0.3 is 0 Å². The second-order valence-corrected chi connectivity index (χ2v) is 7.94. The predicted octanol–water partition coefficient (Wildman–Crippen LogP) is 2.74. The number of hydrogen-bond donors (Lipinski definition) is 0. The molecule has 0 atom stereocenters. The van der Waals surface area contributed by atoms with Crippen molar-refractivity contribution in [2.75, 3.05) is 26.8 Å². The molecule has 1 saturated heterocycles. The van der Waals surface area contributed by atoms with Crippen molar-refractivity contribution in [3.63, 3.8) is 0 Å². The molecule has 2 aromatic rings. The Morgan fingerprint density at radius 1 is 1.00 bits per heavy atom. The number of sulfonamides is 1. The summed E-state index contributed by atoms with van der Waals surface area (Å²) in [4.78, 5) is 12.5. The number of rotatable bonds is 7. The molecule has 3 rings (SSSR count). The summed E-state index contributed by atoms with van der Waals surface area (Å²) in [5.74, 6) is 0.796. The van der Waals surface area contributed by atoms with Crippen molar-refractivity contribution in [3.8, 4) is 11.5 Å². The van der Waals surface area contributed by atoms with E-state index < -0.39 is 10.0 Å². The van der Waals surface area contributed by atoms with Crippen molar-refractivity contribution in [2.45, 2.75) is 17.7 Å². The van der Waals surface area contributed by atoms with Crippen LogP contribution in [0.2, 0.25) is 0 Å². The highest BCUT2D eigenvalue weighted by atomic mass is 32.2. The number of hydrogen-bond acceptors (Lipinski definition) is 5. The first-order chi connectivity index (χ1) is 12.5. The van der Waals surface area contributed by atoms with E-state index in [4.69, 9.17) is 9.47 Å². The zero-order chi connectivity index (χ0) is 18.6. The van der Waals surface area contributed by atoms with Gasteiger partial charge in [-0.15, -0.1) is 0 Å². The summed E-state index contributed by atoms with van der Waals surface area (Å²) in [6.45, 7) is 0.949. The van der Waals surface area contributed by atoms with Crippen LogP contribution in [0.1, 0.15) is 23.2 Å². The lowest BCUT2D eigenvalue weighted by Gasteiger charge is -2.15. The molecule has 0 bridgehead atoms. The van der Waals surface area contributed by atoms with Crippen molar-refractivity contribution in [2.24, 2.45) is 0 Å². The number of carbonyl (C=O) groups excluding carboxylic acids is 1. The third-order valence-corrected chi connectivity index (χ3v) is 6.22. The Kier molecular flexibility index (Phi) is 5.58. The molecule has 0 aliphatic carbocycles. The average molecular weight is 375 g/mol. The molecule has 0 amide bonds. The largest absolute Gasteiger partial charge is 0.493 e. The molecule has 2 aromatic carbocycles. The van der Waals surface area contributed by atoms with Gasteiger partial charge < -0.3 is 9.47 Å². The zero-order valence-electron chi connectivity index (χ0n) is 14.6. The van der Waals surface area contributed by atoms with E-state index in [0.29, 0.717) is 30.2 Å². The molecule has 1 aliphatic rings. The standard InChI is InChI=1S/C19H21NO5S/c1-24-18-6-2-3-7-19(18)25-14-17(21)15-8-10-16(11-9-15)26(22,23)20-12-4-5-13-20/h2-3,6-11H,4-5,12-14H2,1H3. The lowest BCUT2D eigenvalue weighted by molar-refractivity contribution is 0.0919. The highest BCUT2D eigenvalue weighted by Gasteiger charge is 2.27. The molecule has 0 unspecified atom stereocenters. The molecular weight excluding hydrogens is 354 g/mol. The van der Waals surface area contributed by atoms with Crippen LogP contribution in [0, 0.1) is 0 Å². The first-order valence-corrected chi connectivity index (χ1v) is 9.85. The summed E-state index contributed by atoms with van der Waals surface area (Å²) in [5, 5.41) is 0. The van der Waals surface area contributed by atoms with E-state index in [-0.39, 0.29) is 17.3 Å². The van der Waals surface area contributed by atoms with Gasteiger partial charge in [0.25, 0.3) is 0 Å². The second-order valence-electron chi connectivity index (χ2n) is 6.00. The molecule has 0 radical (unpaired) electrons. The third-order valence-electron chi connectivity index (χ3n) is 4.31. The fourth-order valence-electron chi connectivity index (χ4n) is 2.86. The van der Waals surface area contributed by atoms with Gasteiger partial charge in [-0.3, -0.25) is 4.79 Å². The minimum absolute atomic E-state index is 0.154. The minimum Gasteiger partial charge on any atom is -0.493 e.